The molecule has 4 rings (SSSR count). The van der Waals surface area contributed by atoms with E-state index in [9.17, 15) is 9.59 Å². The number of aromatic nitrogens is 4. The maximum absolute atomic E-state index is 12.6. The quantitative estimate of drug-likeness (QED) is 0.632. The number of carbonyl (C=O) groups is 2. The summed E-state index contributed by atoms with van der Waals surface area (Å²) in [6, 6.07) is 7.50. The van der Waals surface area contributed by atoms with E-state index >= 15 is 0 Å². The van der Waals surface area contributed by atoms with Crippen LogP contribution in [0.15, 0.2) is 47.4 Å². The maximum atomic E-state index is 12.6. The zero-order valence-electron chi connectivity index (χ0n) is 15.3. The summed E-state index contributed by atoms with van der Waals surface area (Å²) in [6.07, 6.45) is 4.58. The van der Waals surface area contributed by atoms with Gasteiger partial charge < -0.3 is 14.3 Å². The molecule has 3 heterocycles. The molecule has 1 aliphatic heterocycles. The average Bonchev–Trinajstić information content (AvgIpc) is 3.24. The Kier molecular flexibility index (Phi) is 4.79. The molecule has 0 spiro atoms. The van der Waals surface area contributed by atoms with Gasteiger partial charge in [0.25, 0.3) is 0 Å². The van der Waals surface area contributed by atoms with Crippen LogP contribution in [0.4, 0.5) is 5.69 Å². The van der Waals surface area contributed by atoms with E-state index in [0.29, 0.717) is 37.4 Å². The fourth-order valence-electron chi connectivity index (χ4n) is 3.04. The summed E-state index contributed by atoms with van der Waals surface area (Å²) in [5, 5.41) is 3.81. The molecule has 0 unspecified atom stereocenters. The lowest BCUT2D eigenvalue weighted by Crippen LogP contribution is -2.48. The van der Waals surface area contributed by atoms with Crippen LogP contribution in [-0.2, 0) is 0 Å². The molecule has 0 bridgehead atoms. The van der Waals surface area contributed by atoms with E-state index in [1.165, 1.54) is 12.4 Å². The monoisotopic (exact) mass is 378 g/mol. The molecule has 1 saturated heterocycles. The Labute approximate surface area is 161 Å². The number of anilines is 1. The zero-order chi connectivity index (χ0) is 19.5. The number of rotatable bonds is 4. The summed E-state index contributed by atoms with van der Waals surface area (Å²) in [4.78, 5) is 40.1. The molecule has 0 radical (unpaired) electrons. The van der Waals surface area contributed by atoms with Gasteiger partial charge in [0.1, 0.15) is 5.69 Å². The van der Waals surface area contributed by atoms with Gasteiger partial charge in [0.15, 0.2) is 5.78 Å². The van der Waals surface area contributed by atoms with Crippen LogP contribution >= 0.6 is 0 Å². The van der Waals surface area contributed by atoms with Crippen LogP contribution in [-0.4, -0.2) is 62.9 Å². The number of hydrogen-bond acceptors (Lipinski definition) is 8. The fourth-order valence-corrected chi connectivity index (χ4v) is 3.04. The molecule has 1 aliphatic rings. The molecule has 28 heavy (non-hydrogen) atoms. The number of piperazine rings is 1. The van der Waals surface area contributed by atoms with E-state index in [4.69, 9.17) is 4.52 Å². The number of nitrogens with zero attached hydrogens (tertiary/aromatic N) is 6. The predicted octanol–water partition coefficient (Wildman–Crippen LogP) is 1.69. The minimum Gasteiger partial charge on any atom is -0.368 e. The van der Waals surface area contributed by atoms with Gasteiger partial charge in [-0.05, 0) is 31.2 Å². The van der Waals surface area contributed by atoms with Crippen molar-refractivity contribution in [2.24, 2.45) is 0 Å². The Morgan fingerprint density at radius 3 is 2.43 bits per heavy atom. The first-order valence-corrected chi connectivity index (χ1v) is 8.87. The maximum Gasteiger partial charge on any atom is 0.316 e. The van der Waals surface area contributed by atoms with Crippen LogP contribution < -0.4 is 4.90 Å². The lowest BCUT2D eigenvalue weighted by atomic mass is 10.1. The molecule has 0 saturated carbocycles. The molecule has 0 atom stereocenters. The third-order valence-corrected chi connectivity index (χ3v) is 4.61. The molecule has 142 valence electrons. The van der Waals surface area contributed by atoms with Crippen molar-refractivity contribution in [3.8, 4) is 11.5 Å². The van der Waals surface area contributed by atoms with Crippen LogP contribution in [0, 0.1) is 0 Å². The Morgan fingerprint density at radius 2 is 1.79 bits per heavy atom. The third-order valence-electron chi connectivity index (χ3n) is 4.61. The highest BCUT2D eigenvalue weighted by molar-refractivity contribution is 5.94. The highest BCUT2D eigenvalue weighted by Crippen LogP contribution is 2.19. The number of hydrogen-bond donors (Lipinski definition) is 0. The first-order valence-electron chi connectivity index (χ1n) is 8.87. The van der Waals surface area contributed by atoms with Crippen molar-refractivity contribution in [3.05, 3.63) is 54.3 Å². The van der Waals surface area contributed by atoms with Crippen LogP contribution in [0.5, 0.6) is 0 Å². The van der Waals surface area contributed by atoms with Gasteiger partial charge in [0, 0.05) is 49.8 Å². The van der Waals surface area contributed by atoms with Crippen molar-refractivity contribution in [1.82, 2.24) is 25.0 Å². The van der Waals surface area contributed by atoms with Crippen molar-refractivity contribution in [1.29, 1.82) is 0 Å². The van der Waals surface area contributed by atoms with Crippen molar-refractivity contribution in [2.45, 2.75) is 6.92 Å². The number of carbonyl (C=O) groups excluding carboxylic acids is 2. The molecule has 9 nitrogen and oxygen atoms in total. The lowest BCUT2D eigenvalue weighted by molar-refractivity contribution is 0.0696. The lowest BCUT2D eigenvalue weighted by Gasteiger charge is -2.35. The Balaban J connectivity index is 1.39. The molecule has 2 aromatic heterocycles. The van der Waals surface area contributed by atoms with Gasteiger partial charge in [0.05, 0.1) is 6.20 Å². The van der Waals surface area contributed by atoms with Crippen LogP contribution in [0.2, 0.25) is 0 Å². The second-order valence-electron chi connectivity index (χ2n) is 6.40. The van der Waals surface area contributed by atoms with Crippen LogP contribution in [0.25, 0.3) is 11.5 Å². The summed E-state index contributed by atoms with van der Waals surface area (Å²) in [6.45, 7) is 3.98. The summed E-state index contributed by atoms with van der Waals surface area (Å²) in [7, 11) is 0. The highest BCUT2D eigenvalue weighted by atomic mass is 16.5. The molecule has 3 aromatic rings. The molecule has 0 aliphatic carbocycles. The van der Waals surface area contributed by atoms with Crippen LogP contribution in [0.1, 0.15) is 28.0 Å². The minimum absolute atomic E-state index is 0.0439. The van der Waals surface area contributed by atoms with Gasteiger partial charge in [-0.15, -0.1) is 0 Å². The second-order valence-corrected chi connectivity index (χ2v) is 6.40. The van der Waals surface area contributed by atoms with Crippen LogP contribution in [0.3, 0.4) is 0 Å². The molecular weight excluding hydrogens is 360 g/mol. The van der Waals surface area contributed by atoms with Gasteiger partial charge in [-0.1, -0.05) is 5.16 Å². The van der Waals surface area contributed by atoms with E-state index in [-0.39, 0.29) is 23.4 Å². The van der Waals surface area contributed by atoms with Gasteiger partial charge in [0.2, 0.25) is 5.82 Å². The number of amides is 1. The van der Waals surface area contributed by atoms with Crippen molar-refractivity contribution >= 4 is 17.4 Å². The topological polar surface area (TPSA) is 105 Å². The Morgan fingerprint density at radius 1 is 1.04 bits per heavy atom. The molecule has 0 N–H and O–H groups in total. The number of ketones is 1. The number of Topliss-reactive ketones (excluding diaryl/α,β-unsaturated/α-hetero) is 1. The average molecular weight is 378 g/mol. The van der Waals surface area contributed by atoms with Gasteiger partial charge >= 0.3 is 11.8 Å². The molecule has 1 amide bonds. The Bertz CT molecular complexity index is 978. The van der Waals surface area contributed by atoms with Gasteiger partial charge in [-0.3, -0.25) is 14.6 Å². The summed E-state index contributed by atoms with van der Waals surface area (Å²) >= 11 is 0. The summed E-state index contributed by atoms with van der Waals surface area (Å²) < 4.78 is 5.12. The molecule has 1 fully saturated rings. The smallest absolute Gasteiger partial charge is 0.316 e. The normalized spacial score (nSPS) is 14.2. The third kappa shape index (κ3) is 3.59. The standard InChI is InChI=1S/C19H18N6O3/c1-13(26)14-2-4-15(5-3-14)24-8-10-25(11-9-24)19(27)18-22-17(23-28-18)16-12-20-6-7-21-16/h2-7,12H,8-11H2,1H3. The molecule has 1 aromatic carbocycles. The molecule has 9 heteroatoms. The van der Waals surface area contributed by atoms with Gasteiger partial charge in [-0.25, -0.2) is 4.98 Å². The van der Waals surface area contributed by atoms with E-state index in [1.54, 1.807) is 18.0 Å². The first kappa shape index (κ1) is 17.8. The van der Waals surface area contributed by atoms with E-state index in [1.807, 2.05) is 24.3 Å². The van der Waals surface area contributed by atoms with Gasteiger partial charge in [-0.2, -0.15) is 4.98 Å². The van der Waals surface area contributed by atoms with Crippen molar-refractivity contribution in [3.63, 3.8) is 0 Å². The van der Waals surface area contributed by atoms with E-state index in [2.05, 4.69) is 25.0 Å². The van der Waals surface area contributed by atoms with E-state index in [0.717, 1.165) is 5.69 Å². The number of benzene rings is 1. The largest absolute Gasteiger partial charge is 0.368 e. The SMILES string of the molecule is CC(=O)c1ccc(N2CCN(C(=O)c3nc(-c4cnccn4)no3)CC2)cc1. The zero-order valence-corrected chi connectivity index (χ0v) is 15.3. The Hall–Kier alpha value is -3.62. The minimum atomic E-state index is -0.297. The highest BCUT2D eigenvalue weighted by Gasteiger charge is 2.26. The van der Waals surface area contributed by atoms with Crippen molar-refractivity contribution < 1.29 is 14.1 Å². The van der Waals surface area contributed by atoms with E-state index < -0.39 is 0 Å². The predicted molar refractivity (Wildman–Crippen MR) is 99.9 cm³/mol. The van der Waals surface area contributed by atoms with Crippen molar-refractivity contribution in [2.75, 3.05) is 31.1 Å². The fraction of sp³-hybridized carbons (Fsp3) is 0.263. The first-order chi connectivity index (χ1) is 13.6. The summed E-state index contributed by atoms with van der Waals surface area (Å²) in [5.41, 5.74) is 2.16. The summed E-state index contributed by atoms with van der Waals surface area (Å²) in [5.74, 6) is -0.0721. The second kappa shape index (κ2) is 7.55. The molecular formula is C19H18N6O3.